The van der Waals surface area contributed by atoms with Crippen LogP contribution >= 0.6 is 15.9 Å². The van der Waals surface area contributed by atoms with E-state index in [1.54, 1.807) is 10.5 Å². The van der Waals surface area contributed by atoms with Crippen LogP contribution in [0, 0.1) is 10.1 Å². The standard InChI is InChI=1S/C15H10BrN5O5/c16-11-5-10(21(24)25)2-3-12(11)18-14(22)7-26-15(23)9-1-4-13-19-17-8-20(13)6-9/h1-6,8H,7H2,(H,18,22). The van der Waals surface area contributed by atoms with Crippen LogP contribution in [0.2, 0.25) is 0 Å². The Hall–Kier alpha value is -3.34. The van der Waals surface area contributed by atoms with Gasteiger partial charge in [-0.15, -0.1) is 10.2 Å². The summed E-state index contributed by atoms with van der Waals surface area (Å²) < 4.78 is 6.84. The van der Waals surface area contributed by atoms with E-state index in [9.17, 15) is 19.7 Å². The number of carbonyl (C=O) groups is 2. The molecule has 0 spiro atoms. The summed E-state index contributed by atoms with van der Waals surface area (Å²) in [6.07, 6.45) is 2.92. The molecular formula is C15H10BrN5O5. The number of aromatic nitrogens is 3. The van der Waals surface area contributed by atoms with Gasteiger partial charge in [-0.2, -0.15) is 0 Å². The molecule has 0 atom stereocenters. The molecule has 0 bridgehead atoms. The topological polar surface area (TPSA) is 129 Å². The van der Waals surface area contributed by atoms with Crippen LogP contribution in [-0.4, -0.2) is 38.0 Å². The molecule has 1 amide bonds. The van der Waals surface area contributed by atoms with Crippen LogP contribution in [0.1, 0.15) is 10.4 Å². The van der Waals surface area contributed by atoms with Crippen LogP contribution in [0.25, 0.3) is 5.65 Å². The zero-order valence-electron chi connectivity index (χ0n) is 13.0. The van der Waals surface area contributed by atoms with E-state index in [4.69, 9.17) is 4.74 Å². The van der Waals surface area contributed by atoms with Crippen molar-refractivity contribution in [1.82, 2.24) is 14.6 Å². The van der Waals surface area contributed by atoms with Gasteiger partial charge in [-0.25, -0.2) is 4.79 Å². The number of rotatable bonds is 5. The fourth-order valence-corrected chi connectivity index (χ4v) is 2.53. The van der Waals surface area contributed by atoms with E-state index < -0.39 is 23.4 Å². The molecule has 0 unspecified atom stereocenters. The molecule has 26 heavy (non-hydrogen) atoms. The van der Waals surface area contributed by atoms with Crippen molar-refractivity contribution in [3.05, 3.63) is 63.0 Å². The number of esters is 1. The Morgan fingerprint density at radius 3 is 2.85 bits per heavy atom. The van der Waals surface area contributed by atoms with Crippen LogP contribution in [0.3, 0.4) is 0 Å². The third-order valence-corrected chi connectivity index (χ3v) is 3.95. The molecule has 3 rings (SSSR count). The molecule has 0 fully saturated rings. The molecule has 1 aromatic carbocycles. The maximum absolute atomic E-state index is 12.0. The van der Waals surface area contributed by atoms with Crippen molar-refractivity contribution >= 4 is 44.8 Å². The van der Waals surface area contributed by atoms with Crippen LogP contribution < -0.4 is 5.32 Å². The summed E-state index contributed by atoms with van der Waals surface area (Å²) in [5.74, 6) is -1.27. The normalized spacial score (nSPS) is 10.5. The predicted octanol–water partition coefficient (Wildman–Crippen LogP) is 2.20. The highest BCUT2D eigenvalue weighted by Gasteiger charge is 2.14. The molecule has 2 heterocycles. The van der Waals surface area contributed by atoms with Crippen LogP contribution in [0.15, 0.2) is 47.3 Å². The minimum Gasteiger partial charge on any atom is -0.452 e. The van der Waals surface area contributed by atoms with Gasteiger partial charge in [0.2, 0.25) is 0 Å². The van der Waals surface area contributed by atoms with Gasteiger partial charge in [-0.1, -0.05) is 0 Å². The Labute approximate surface area is 154 Å². The summed E-state index contributed by atoms with van der Waals surface area (Å²) >= 11 is 3.14. The first-order valence-corrected chi connectivity index (χ1v) is 7.93. The smallest absolute Gasteiger partial charge is 0.340 e. The predicted molar refractivity (Wildman–Crippen MR) is 92.7 cm³/mol. The molecule has 0 saturated carbocycles. The Kier molecular flexibility index (Phi) is 4.89. The van der Waals surface area contributed by atoms with Crippen LogP contribution in [0.5, 0.6) is 0 Å². The minimum absolute atomic E-state index is 0.120. The highest BCUT2D eigenvalue weighted by atomic mass is 79.9. The van der Waals surface area contributed by atoms with Gasteiger partial charge in [0.15, 0.2) is 12.3 Å². The molecule has 10 nitrogen and oxygen atoms in total. The fourth-order valence-electron chi connectivity index (χ4n) is 2.07. The van der Waals surface area contributed by atoms with E-state index in [-0.39, 0.29) is 11.3 Å². The highest BCUT2D eigenvalue weighted by Crippen LogP contribution is 2.27. The van der Waals surface area contributed by atoms with Gasteiger partial charge in [0, 0.05) is 22.8 Å². The second-order valence-electron chi connectivity index (χ2n) is 5.06. The Balaban J connectivity index is 1.59. The average molecular weight is 420 g/mol. The summed E-state index contributed by atoms with van der Waals surface area (Å²) in [5, 5.41) is 20.7. The van der Waals surface area contributed by atoms with Crippen molar-refractivity contribution in [3.63, 3.8) is 0 Å². The summed E-state index contributed by atoms with van der Waals surface area (Å²) in [5.41, 5.74) is 1.01. The van der Waals surface area contributed by atoms with Crippen molar-refractivity contribution in [2.24, 2.45) is 0 Å². The number of carbonyl (C=O) groups excluding carboxylic acids is 2. The van der Waals surface area contributed by atoms with Gasteiger partial charge in [0.1, 0.15) is 6.33 Å². The minimum atomic E-state index is -0.682. The third-order valence-electron chi connectivity index (χ3n) is 3.30. The average Bonchev–Trinajstić information content (AvgIpc) is 3.09. The molecule has 1 N–H and O–H groups in total. The summed E-state index contributed by atoms with van der Waals surface area (Å²) in [6.45, 7) is -0.511. The molecule has 0 aliphatic rings. The number of anilines is 1. The number of nitro benzene ring substituents is 1. The number of halogens is 1. The van der Waals surface area contributed by atoms with E-state index >= 15 is 0 Å². The zero-order chi connectivity index (χ0) is 18.7. The summed E-state index contributed by atoms with van der Waals surface area (Å²) in [6, 6.07) is 6.99. The second kappa shape index (κ2) is 7.27. The lowest BCUT2D eigenvalue weighted by Crippen LogP contribution is -2.21. The Morgan fingerprint density at radius 1 is 1.31 bits per heavy atom. The number of benzene rings is 1. The number of non-ortho nitro benzene ring substituents is 1. The lowest BCUT2D eigenvalue weighted by molar-refractivity contribution is -0.384. The van der Waals surface area contributed by atoms with Crippen molar-refractivity contribution in [2.75, 3.05) is 11.9 Å². The lowest BCUT2D eigenvalue weighted by Gasteiger charge is -2.08. The first-order valence-electron chi connectivity index (χ1n) is 7.14. The fraction of sp³-hybridized carbons (Fsp3) is 0.0667. The number of nitro groups is 1. The Morgan fingerprint density at radius 2 is 2.12 bits per heavy atom. The molecular weight excluding hydrogens is 410 g/mol. The molecule has 0 radical (unpaired) electrons. The van der Waals surface area contributed by atoms with Crippen molar-refractivity contribution in [2.45, 2.75) is 0 Å². The highest BCUT2D eigenvalue weighted by molar-refractivity contribution is 9.10. The van der Waals surface area contributed by atoms with Crippen LogP contribution in [0.4, 0.5) is 11.4 Å². The van der Waals surface area contributed by atoms with Gasteiger partial charge >= 0.3 is 5.97 Å². The molecule has 11 heteroatoms. The largest absolute Gasteiger partial charge is 0.452 e. The number of pyridine rings is 1. The number of fused-ring (bicyclic) bond motifs is 1. The zero-order valence-corrected chi connectivity index (χ0v) is 14.5. The van der Waals surface area contributed by atoms with E-state index in [1.807, 2.05) is 0 Å². The van der Waals surface area contributed by atoms with E-state index in [0.29, 0.717) is 15.8 Å². The van der Waals surface area contributed by atoms with E-state index in [0.717, 1.165) is 0 Å². The van der Waals surface area contributed by atoms with Crippen LogP contribution in [-0.2, 0) is 9.53 Å². The molecule has 3 aromatic rings. The van der Waals surface area contributed by atoms with Gasteiger partial charge in [0.25, 0.3) is 11.6 Å². The quantitative estimate of drug-likeness (QED) is 0.381. The first-order chi connectivity index (χ1) is 12.4. The maximum atomic E-state index is 12.0. The van der Waals surface area contributed by atoms with Gasteiger partial charge in [0.05, 0.1) is 16.2 Å². The number of ether oxygens (including phenoxy) is 1. The lowest BCUT2D eigenvalue weighted by atomic mass is 10.3. The number of hydrogen-bond donors (Lipinski definition) is 1. The molecule has 0 aliphatic carbocycles. The molecule has 132 valence electrons. The number of nitrogens with zero attached hydrogens (tertiary/aromatic N) is 4. The van der Waals surface area contributed by atoms with Gasteiger partial charge in [-0.05, 0) is 34.1 Å². The molecule has 0 saturated heterocycles. The number of hydrogen-bond acceptors (Lipinski definition) is 7. The van der Waals surface area contributed by atoms with Crippen molar-refractivity contribution < 1.29 is 19.2 Å². The molecule has 2 aromatic heterocycles. The third kappa shape index (κ3) is 3.83. The first kappa shape index (κ1) is 17.5. The molecule has 0 aliphatic heterocycles. The van der Waals surface area contributed by atoms with Crippen molar-refractivity contribution in [3.8, 4) is 0 Å². The van der Waals surface area contributed by atoms with Crippen molar-refractivity contribution in [1.29, 1.82) is 0 Å². The second-order valence-corrected chi connectivity index (χ2v) is 5.91. The van der Waals surface area contributed by atoms with Gasteiger partial charge < -0.3 is 10.1 Å². The SMILES string of the molecule is O=C(COC(=O)c1ccc2nncn2c1)Nc1ccc([N+](=O)[O-])cc1Br. The number of nitrogens with one attached hydrogen (secondary N) is 1. The summed E-state index contributed by atoms with van der Waals surface area (Å²) in [4.78, 5) is 34.1. The van der Waals surface area contributed by atoms with E-state index in [1.165, 1.54) is 36.8 Å². The van der Waals surface area contributed by atoms with E-state index in [2.05, 4.69) is 31.4 Å². The maximum Gasteiger partial charge on any atom is 0.340 e. The summed E-state index contributed by atoms with van der Waals surface area (Å²) in [7, 11) is 0. The number of amides is 1. The monoisotopic (exact) mass is 419 g/mol. The Bertz CT molecular complexity index is 1020. The van der Waals surface area contributed by atoms with Gasteiger partial charge in [-0.3, -0.25) is 19.3 Å².